The second-order valence-corrected chi connectivity index (χ2v) is 9.67. The Kier molecular flexibility index (Phi) is 10.8. The van der Waals surface area contributed by atoms with E-state index in [4.69, 9.17) is 5.73 Å². The van der Waals surface area contributed by atoms with Crippen molar-refractivity contribution < 1.29 is 13.2 Å². The second kappa shape index (κ2) is 11.2. The van der Waals surface area contributed by atoms with Crippen LogP contribution in [0.4, 0.5) is 0 Å². The summed E-state index contributed by atoms with van der Waals surface area (Å²) in [5.74, 6) is -0.0190. The van der Waals surface area contributed by atoms with Gasteiger partial charge < -0.3 is 11.1 Å². The number of amides is 1. The zero-order valence-corrected chi connectivity index (χ0v) is 18.4. The molecule has 0 saturated carbocycles. The Labute approximate surface area is 168 Å². The van der Waals surface area contributed by atoms with E-state index in [1.807, 2.05) is 20.8 Å². The van der Waals surface area contributed by atoms with Crippen LogP contribution in [-0.2, 0) is 14.6 Å². The molecule has 0 fully saturated rings. The summed E-state index contributed by atoms with van der Waals surface area (Å²) in [6, 6.07) is 6.87. The minimum atomic E-state index is -3.33. The number of thioether (sulfide) groups is 1. The fraction of sp³-hybridized carbons (Fsp3) is 0.611. The molecule has 0 aliphatic rings. The Morgan fingerprint density at radius 1 is 1.23 bits per heavy atom. The van der Waals surface area contributed by atoms with Crippen molar-refractivity contribution in [1.29, 1.82) is 0 Å². The molecular weight excluding hydrogens is 392 g/mol. The highest BCUT2D eigenvalue weighted by Crippen LogP contribution is 2.31. The van der Waals surface area contributed by atoms with Crippen LogP contribution in [-0.4, -0.2) is 37.4 Å². The van der Waals surface area contributed by atoms with Crippen LogP contribution in [0.25, 0.3) is 0 Å². The van der Waals surface area contributed by atoms with Gasteiger partial charge in [-0.25, -0.2) is 8.42 Å². The number of nitrogens with one attached hydrogen (secondary N) is 1. The molecule has 1 aromatic rings. The smallest absolute Gasteiger partial charge is 0.233 e. The van der Waals surface area contributed by atoms with E-state index in [2.05, 4.69) is 5.32 Å². The largest absolute Gasteiger partial charge is 0.348 e. The lowest BCUT2D eigenvalue weighted by molar-refractivity contribution is -0.122. The summed E-state index contributed by atoms with van der Waals surface area (Å²) < 4.78 is 24.9. The SMILES string of the molecule is CCCS(=O)(=O)c1ccccc1SC(C)C(=O)NC(CC)(CC)CN.Cl. The lowest BCUT2D eigenvalue weighted by Crippen LogP contribution is -2.54. The number of rotatable bonds is 10. The first-order chi connectivity index (χ1) is 11.7. The quantitative estimate of drug-likeness (QED) is 0.564. The lowest BCUT2D eigenvalue weighted by atomic mass is 9.93. The van der Waals surface area contributed by atoms with Crippen molar-refractivity contribution in [3.05, 3.63) is 24.3 Å². The van der Waals surface area contributed by atoms with Crippen molar-refractivity contribution in [3.8, 4) is 0 Å². The normalized spacial score (nSPS) is 13.0. The van der Waals surface area contributed by atoms with E-state index in [0.29, 0.717) is 22.8 Å². The van der Waals surface area contributed by atoms with Gasteiger partial charge in [0.15, 0.2) is 9.84 Å². The van der Waals surface area contributed by atoms with Gasteiger partial charge in [0.2, 0.25) is 5.91 Å². The lowest BCUT2D eigenvalue weighted by Gasteiger charge is -2.32. The van der Waals surface area contributed by atoms with Crippen LogP contribution in [0, 0.1) is 0 Å². The maximum absolute atomic E-state index is 12.6. The summed E-state index contributed by atoms with van der Waals surface area (Å²) in [7, 11) is -3.33. The highest BCUT2D eigenvalue weighted by molar-refractivity contribution is 8.01. The minimum Gasteiger partial charge on any atom is -0.348 e. The number of hydrogen-bond donors (Lipinski definition) is 2. The molecule has 1 aromatic carbocycles. The zero-order chi connectivity index (χ0) is 19.1. The van der Waals surface area contributed by atoms with E-state index in [0.717, 1.165) is 12.8 Å². The number of halogens is 1. The van der Waals surface area contributed by atoms with E-state index < -0.39 is 20.6 Å². The first-order valence-corrected chi connectivity index (χ1v) is 11.3. The van der Waals surface area contributed by atoms with Gasteiger partial charge in [0, 0.05) is 11.4 Å². The highest BCUT2D eigenvalue weighted by atomic mass is 35.5. The number of benzene rings is 1. The van der Waals surface area contributed by atoms with E-state index >= 15 is 0 Å². The highest BCUT2D eigenvalue weighted by Gasteiger charge is 2.29. The van der Waals surface area contributed by atoms with Gasteiger partial charge in [-0.1, -0.05) is 32.9 Å². The molecule has 0 bridgehead atoms. The van der Waals surface area contributed by atoms with Gasteiger partial charge in [-0.05, 0) is 38.3 Å². The predicted octanol–water partition coefficient (Wildman–Crippen LogP) is 3.41. The molecule has 0 aromatic heterocycles. The topological polar surface area (TPSA) is 89.3 Å². The molecular formula is C18H31ClN2O3S2. The zero-order valence-electron chi connectivity index (χ0n) is 15.9. The molecule has 3 N–H and O–H groups in total. The molecule has 1 amide bonds. The van der Waals surface area contributed by atoms with E-state index in [-0.39, 0.29) is 24.1 Å². The van der Waals surface area contributed by atoms with Crippen molar-refractivity contribution in [2.75, 3.05) is 12.3 Å². The molecule has 0 radical (unpaired) electrons. The first-order valence-electron chi connectivity index (χ1n) is 8.75. The van der Waals surface area contributed by atoms with Crippen LogP contribution in [0.2, 0.25) is 0 Å². The molecule has 0 aliphatic heterocycles. The minimum absolute atomic E-state index is 0. The van der Waals surface area contributed by atoms with Crippen LogP contribution in [0.5, 0.6) is 0 Å². The summed E-state index contributed by atoms with van der Waals surface area (Å²) >= 11 is 1.27. The van der Waals surface area contributed by atoms with Gasteiger partial charge in [0.05, 0.1) is 21.4 Å². The van der Waals surface area contributed by atoms with Crippen LogP contribution < -0.4 is 11.1 Å². The molecule has 8 heteroatoms. The molecule has 150 valence electrons. The van der Waals surface area contributed by atoms with Crippen molar-refractivity contribution in [2.24, 2.45) is 5.73 Å². The summed E-state index contributed by atoms with van der Waals surface area (Å²) in [5.41, 5.74) is 5.44. The summed E-state index contributed by atoms with van der Waals surface area (Å²) in [6.07, 6.45) is 2.07. The Morgan fingerprint density at radius 3 is 2.31 bits per heavy atom. The molecule has 0 heterocycles. The maximum Gasteiger partial charge on any atom is 0.233 e. The Morgan fingerprint density at radius 2 is 1.81 bits per heavy atom. The molecule has 0 saturated heterocycles. The Hall–Kier alpha value is -0.760. The third-order valence-corrected chi connectivity index (χ3v) is 7.74. The fourth-order valence-corrected chi connectivity index (χ4v) is 5.39. The summed E-state index contributed by atoms with van der Waals surface area (Å²) in [4.78, 5) is 13.5. The fourth-order valence-electron chi connectivity index (χ4n) is 2.56. The van der Waals surface area contributed by atoms with Gasteiger partial charge in [-0.15, -0.1) is 24.2 Å². The van der Waals surface area contributed by atoms with Crippen LogP contribution in [0.15, 0.2) is 34.1 Å². The molecule has 5 nitrogen and oxygen atoms in total. The van der Waals surface area contributed by atoms with Gasteiger partial charge in [-0.2, -0.15) is 0 Å². The van der Waals surface area contributed by atoms with Gasteiger partial charge >= 0.3 is 0 Å². The number of nitrogens with two attached hydrogens (primary N) is 1. The van der Waals surface area contributed by atoms with Gasteiger partial charge in [0.1, 0.15) is 0 Å². The average molecular weight is 423 g/mol. The molecule has 0 aliphatic carbocycles. The molecule has 0 spiro atoms. The van der Waals surface area contributed by atoms with Crippen molar-refractivity contribution in [3.63, 3.8) is 0 Å². The standard InChI is InChI=1S/C18H30N2O3S2.ClH/c1-5-12-25(22,23)16-11-9-8-10-15(16)24-14(4)17(21)20-18(6-2,7-3)13-19;/h8-11,14H,5-7,12-13,19H2,1-4H3,(H,20,21);1H. The van der Waals surface area contributed by atoms with Gasteiger partial charge in [0.25, 0.3) is 0 Å². The van der Waals surface area contributed by atoms with E-state index in [1.54, 1.807) is 31.2 Å². The van der Waals surface area contributed by atoms with Crippen LogP contribution in [0.1, 0.15) is 47.0 Å². The Bertz CT molecular complexity index is 669. The predicted molar refractivity (Wildman–Crippen MR) is 112 cm³/mol. The van der Waals surface area contributed by atoms with Gasteiger partial charge in [-0.3, -0.25) is 4.79 Å². The second-order valence-electron chi connectivity index (χ2n) is 6.21. The third-order valence-electron chi connectivity index (χ3n) is 4.46. The Balaban J connectivity index is 0.00000625. The third kappa shape index (κ3) is 6.44. The summed E-state index contributed by atoms with van der Waals surface area (Å²) in [5, 5.41) is 2.63. The number of hydrogen-bond acceptors (Lipinski definition) is 5. The average Bonchev–Trinajstić information content (AvgIpc) is 2.60. The summed E-state index contributed by atoms with van der Waals surface area (Å²) in [6.45, 7) is 8.01. The van der Waals surface area contributed by atoms with Crippen LogP contribution in [0.3, 0.4) is 0 Å². The molecule has 1 unspecified atom stereocenters. The molecule has 1 rings (SSSR count). The maximum atomic E-state index is 12.6. The molecule has 26 heavy (non-hydrogen) atoms. The monoisotopic (exact) mass is 422 g/mol. The van der Waals surface area contributed by atoms with E-state index in [1.165, 1.54) is 11.8 Å². The first kappa shape index (κ1) is 25.2. The molecule has 1 atom stereocenters. The number of carbonyl (C=O) groups is 1. The van der Waals surface area contributed by atoms with Crippen LogP contribution >= 0.6 is 24.2 Å². The van der Waals surface area contributed by atoms with E-state index in [9.17, 15) is 13.2 Å². The van der Waals surface area contributed by atoms with Crippen molar-refractivity contribution in [1.82, 2.24) is 5.32 Å². The number of sulfone groups is 1. The number of carbonyl (C=O) groups excluding carboxylic acids is 1. The van der Waals surface area contributed by atoms with Crippen molar-refractivity contribution >= 4 is 39.9 Å². The van der Waals surface area contributed by atoms with Crippen molar-refractivity contribution in [2.45, 2.75) is 67.5 Å².